The van der Waals surface area contributed by atoms with Crippen LogP contribution in [0.3, 0.4) is 0 Å². The lowest BCUT2D eigenvalue weighted by Gasteiger charge is -2.10. The molecule has 1 saturated heterocycles. The van der Waals surface area contributed by atoms with E-state index in [2.05, 4.69) is 10.6 Å². The molecule has 0 aromatic carbocycles. The van der Waals surface area contributed by atoms with Crippen molar-refractivity contribution in [2.75, 3.05) is 39.5 Å². The third-order valence-electron chi connectivity index (χ3n) is 1.49. The van der Waals surface area contributed by atoms with E-state index in [1.165, 1.54) is 0 Å². The summed E-state index contributed by atoms with van der Waals surface area (Å²) in [5.41, 5.74) is 0. The van der Waals surface area contributed by atoms with Crippen molar-refractivity contribution in [2.24, 2.45) is 0 Å². The molecule has 0 aliphatic carbocycles. The molecule has 0 atom stereocenters. The first kappa shape index (κ1) is 9.35. The van der Waals surface area contributed by atoms with Gasteiger partial charge in [-0.15, -0.1) is 0 Å². The summed E-state index contributed by atoms with van der Waals surface area (Å²) < 4.78 is 9.83. The van der Waals surface area contributed by atoms with Gasteiger partial charge in [0, 0.05) is 25.8 Å². The Bertz CT molecular complexity index is 105. The summed E-state index contributed by atoms with van der Waals surface area (Å²) in [5.74, 6) is 0. The van der Waals surface area contributed by atoms with Gasteiger partial charge in [-0.25, -0.2) is 0 Å². The van der Waals surface area contributed by atoms with Gasteiger partial charge in [-0.2, -0.15) is 0 Å². The van der Waals surface area contributed by atoms with Gasteiger partial charge in [0.2, 0.25) is 0 Å². The molecule has 0 radical (unpaired) electrons. The Morgan fingerprint density at radius 3 is 2.00 bits per heavy atom. The Labute approximate surface area is 72.9 Å². The van der Waals surface area contributed by atoms with Crippen LogP contribution < -0.4 is 10.6 Å². The van der Waals surface area contributed by atoms with Crippen LogP contribution in [-0.2, 0) is 9.47 Å². The van der Waals surface area contributed by atoms with E-state index in [0.29, 0.717) is 0 Å². The second-order valence-corrected chi connectivity index (χ2v) is 2.49. The molecular weight excluding hydrogens is 156 g/mol. The monoisotopic (exact) mass is 172 g/mol. The summed E-state index contributed by atoms with van der Waals surface area (Å²) in [6.45, 7) is 5.58. The van der Waals surface area contributed by atoms with Crippen LogP contribution in [-0.4, -0.2) is 39.5 Å². The fraction of sp³-hybridized carbons (Fsp3) is 0.750. The zero-order chi connectivity index (χ0) is 8.49. The maximum absolute atomic E-state index is 5.01. The summed E-state index contributed by atoms with van der Waals surface area (Å²) in [5, 5.41) is 6.14. The fourth-order valence-corrected chi connectivity index (χ4v) is 0.881. The lowest BCUT2D eigenvalue weighted by atomic mass is 10.5. The smallest absolute Gasteiger partial charge is 0.105 e. The number of nitrogens with one attached hydrogen (secondary N) is 2. The zero-order valence-electron chi connectivity index (χ0n) is 7.21. The van der Waals surface area contributed by atoms with Crippen LogP contribution in [0, 0.1) is 0 Å². The number of ether oxygens (including phenoxy) is 2. The van der Waals surface area contributed by atoms with Crippen molar-refractivity contribution in [3.63, 3.8) is 0 Å². The zero-order valence-corrected chi connectivity index (χ0v) is 7.21. The van der Waals surface area contributed by atoms with Gasteiger partial charge in [0.15, 0.2) is 0 Å². The van der Waals surface area contributed by atoms with Gasteiger partial charge >= 0.3 is 0 Å². The molecule has 0 bridgehead atoms. The fourth-order valence-electron chi connectivity index (χ4n) is 0.881. The lowest BCUT2D eigenvalue weighted by molar-refractivity contribution is 0.109. The van der Waals surface area contributed by atoms with E-state index in [0.717, 1.165) is 39.5 Å². The van der Waals surface area contributed by atoms with Gasteiger partial charge < -0.3 is 20.1 Å². The molecule has 0 saturated carbocycles. The van der Waals surface area contributed by atoms with E-state index in [1.807, 2.05) is 0 Å². The number of rotatable bonds is 0. The Kier molecular flexibility index (Phi) is 5.41. The predicted octanol–water partition coefficient (Wildman–Crippen LogP) is -0.316. The molecule has 2 aliphatic heterocycles. The van der Waals surface area contributed by atoms with Gasteiger partial charge in [-0.1, -0.05) is 0 Å². The van der Waals surface area contributed by atoms with Crippen LogP contribution in [0.4, 0.5) is 0 Å². The number of hydrogen-bond donors (Lipinski definition) is 2. The first-order valence-corrected chi connectivity index (χ1v) is 4.28. The second kappa shape index (κ2) is 6.94. The van der Waals surface area contributed by atoms with Crippen LogP contribution in [0.2, 0.25) is 0 Å². The van der Waals surface area contributed by atoms with Crippen molar-refractivity contribution in [1.82, 2.24) is 10.6 Å². The highest BCUT2D eigenvalue weighted by Gasteiger charge is 1.92. The molecule has 0 spiro atoms. The summed E-state index contributed by atoms with van der Waals surface area (Å²) in [4.78, 5) is 0. The maximum atomic E-state index is 5.01. The highest BCUT2D eigenvalue weighted by molar-refractivity contribution is 4.74. The predicted molar refractivity (Wildman–Crippen MR) is 46.8 cm³/mol. The number of morpholine rings is 1. The standard InChI is InChI=1S/C4H9NO.C4H7NO/c2*1-3-6-4-2-5-1/h5H,1-4H2;1,3,5H,2,4H2. The van der Waals surface area contributed by atoms with Crippen molar-refractivity contribution in [3.05, 3.63) is 12.5 Å². The van der Waals surface area contributed by atoms with Crippen LogP contribution in [0.5, 0.6) is 0 Å². The minimum Gasteiger partial charge on any atom is -0.498 e. The summed E-state index contributed by atoms with van der Waals surface area (Å²) >= 11 is 0. The van der Waals surface area contributed by atoms with Crippen LogP contribution >= 0.6 is 0 Å². The van der Waals surface area contributed by atoms with E-state index in [9.17, 15) is 0 Å². The van der Waals surface area contributed by atoms with Gasteiger partial charge in [-0.05, 0) is 0 Å². The largest absolute Gasteiger partial charge is 0.498 e. The van der Waals surface area contributed by atoms with Crippen molar-refractivity contribution in [3.8, 4) is 0 Å². The molecule has 2 N–H and O–H groups in total. The molecule has 70 valence electrons. The van der Waals surface area contributed by atoms with Gasteiger partial charge in [0.05, 0.1) is 19.5 Å². The molecule has 2 heterocycles. The van der Waals surface area contributed by atoms with Crippen molar-refractivity contribution in [1.29, 1.82) is 0 Å². The summed E-state index contributed by atoms with van der Waals surface area (Å²) in [6.07, 6.45) is 3.45. The molecule has 1 fully saturated rings. The van der Waals surface area contributed by atoms with E-state index in [4.69, 9.17) is 9.47 Å². The van der Waals surface area contributed by atoms with Gasteiger partial charge in [-0.3, -0.25) is 0 Å². The van der Waals surface area contributed by atoms with E-state index in [-0.39, 0.29) is 0 Å². The summed E-state index contributed by atoms with van der Waals surface area (Å²) in [6, 6.07) is 0. The van der Waals surface area contributed by atoms with Gasteiger partial charge in [0.1, 0.15) is 6.61 Å². The molecular formula is C8H16N2O2. The lowest BCUT2D eigenvalue weighted by Crippen LogP contribution is -2.30. The Balaban J connectivity index is 0.000000120. The van der Waals surface area contributed by atoms with Crippen LogP contribution in [0.25, 0.3) is 0 Å². The molecule has 2 rings (SSSR count). The van der Waals surface area contributed by atoms with Crippen LogP contribution in [0.15, 0.2) is 12.5 Å². The normalized spacial score (nSPS) is 21.3. The average Bonchev–Trinajstić information content (AvgIpc) is 2.24. The molecule has 0 aromatic heterocycles. The van der Waals surface area contributed by atoms with Crippen molar-refractivity contribution >= 4 is 0 Å². The maximum Gasteiger partial charge on any atom is 0.105 e. The molecule has 0 aromatic rings. The Hall–Kier alpha value is -0.740. The Morgan fingerprint density at radius 2 is 1.83 bits per heavy atom. The van der Waals surface area contributed by atoms with E-state index < -0.39 is 0 Å². The third kappa shape index (κ3) is 4.98. The number of hydrogen-bond acceptors (Lipinski definition) is 4. The Morgan fingerprint density at radius 1 is 1.00 bits per heavy atom. The molecule has 0 amide bonds. The van der Waals surface area contributed by atoms with E-state index >= 15 is 0 Å². The molecule has 12 heavy (non-hydrogen) atoms. The quantitative estimate of drug-likeness (QED) is 0.525. The highest BCUT2D eigenvalue weighted by Crippen LogP contribution is 1.79. The van der Waals surface area contributed by atoms with Crippen molar-refractivity contribution in [2.45, 2.75) is 0 Å². The molecule has 2 aliphatic rings. The minimum absolute atomic E-state index is 0.802. The van der Waals surface area contributed by atoms with Crippen LogP contribution in [0.1, 0.15) is 0 Å². The van der Waals surface area contributed by atoms with E-state index in [1.54, 1.807) is 12.5 Å². The first-order valence-electron chi connectivity index (χ1n) is 4.28. The summed E-state index contributed by atoms with van der Waals surface area (Å²) in [7, 11) is 0. The highest BCUT2D eigenvalue weighted by atomic mass is 16.5. The minimum atomic E-state index is 0.802. The molecule has 0 unspecified atom stereocenters. The first-order chi connectivity index (χ1) is 6.00. The van der Waals surface area contributed by atoms with Gasteiger partial charge in [0.25, 0.3) is 0 Å². The molecule has 4 heteroatoms. The second-order valence-electron chi connectivity index (χ2n) is 2.49. The topological polar surface area (TPSA) is 42.5 Å². The van der Waals surface area contributed by atoms with Crippen molar-refractivity contribution < 1.29 is 9.47 Å². The average molecular weight is 172 g/mol. The molecule has 4 nitrogen and oxygen atoms in total. The SMILES string of the molecule is C1=COCCN1.C1COCCN1. The third-order valence-corrected chi connectivity index (χ3v) is 1.49.